The average molecular weight is 322 g/mol. The molecule has 0 aliphatic heterocycles. The molecule has 2 nitrogen and oxygen atoms in total. The van der Waals surface area contributed by atoms with E-state index in [0.717, 1.165) is 18.4 Å². The van der Waals surface area contributed by atoms with Gasteiger partial charge in [-0.1, -0.05) is 56.1 Å². The predicted molar refractivity (Wildman–Crippen MR) is 97.3 cm³/mol. The van der Waals surface area contributed by atoms with E-state index >= 15 is 0 Å². The maximum absolute atomic E-state index is 9.01. The lowest BCUT2D eigenvalue weighted by Crippen LogP contribution is -2.13. The third-order valence-electron chi connectivity index (χ3n) is 4.20. The van der Waals surface area contributed by atoms with E-state index in [4.69, 9.17) is 5.26 Å². The minimum absolute atomic E-state index is 0.480. The molecule has 0 aromatic heterocycles. The molecule has 1 unspecified atom stereocenters. The molecule has 0 amide bonds. The summed E-state index contributed by atoms with van der Waals surface area (Å²) in [5.41, 5.74) is 6.19. The van der Waals surface area contributed by atoms with Crippen LogP contribution < -0.4 is 4.72 Å². The maximum atomic E-state index is 9.01. The maximum Gasteiger partial charge on any atom is 0.0991 e. The van der Waals surface area contributed by atoms with Crippen molar-refractivity contribution in [2.24, 2.45) is 0 Å². The molecule has 0 spiro atoms. The number of rotatable bonds is 5. The quantitative estimate of drug-likeness (QED) is 0.805. The van der Waals surface area contributed by atoms with Crippen LogP contribution >= 0.6 is 11.9 Å². The Morgan fingerprint density at radius 1 is 1.22 bits per heavy atom. The Bertz CT molecular complexity index is 731. The minimum Gasteiger partial charge on any atom is -0.256 e. The van der Waals surface area contributed by atoms with Crippen molar-refractivity contribution < 1.29 is 0 Å². The summed E-state index contributed by atoms with van der Waals surface area (Å²) < 4.78 is 3.60. The molecule has 0 radical (unpaired) electrons. The van der Waals surface area contributed by atoms with Crippen molar-refractivity contribution in [1.82, 2.24) is 4.72 Å². The van der Waals surface area contributed by atoms with Crippen LogP contribution in [0.15, 0.2) is 42.5 Å². The minimum atomic E-state index is 0.480. The molecule has 1 N–H and O–H groups in total. The van der Waals surface area contributed by atoms with Crippen molar-refractivity contribution in [3.8, 4) is 6.07 Å². The molecule has 0 bridgehead atoms. The molecule has 1 atom stereocenters. The van der Waals surface area contributed by atoms with Gasteiger partial charge in [-0.05, 0) is 53.6 Å². The largest absolute Gasteiger partial charge is 0.256 e. The molecule has 118 valence electrons. The van der Waals surface area contributed by atoms with Crippen LogP contribution in [-0.2, 0) is 12.8 Å². The van der Waals surface area contributed by atoms with E-state index in [1.165, 1.54) is 28.7 Å². The predicted octanol–water partition coefficient (Wildman–Crippen LogP) is 4.78. The monoisotopic (exact) mass is 322 g/mol. The van der Waals surface area contributed by atoms with Gasteiger partial charge in [-0.2, -0.15) is 5.26 Å². The lowest BCUT2D eigenvalue weighted by Gasteiger charge is -2.15. The Morgan fingerprint density at radius 2 is 2.04 bits per heavy atom. The number of fused-ring (bicyclic) bond motifs is 1. The third-order valence-corrected chi connectivity index (χ3v) is 5.09. The van der Waals surface area contributed by atoms with Crippen LogP contribution in [0.5, 0.6) is 0 Å². The van der Waals surface area contributed by atoms with E-state index in [-0.39, 0.29) is 0 Å². The highest BCUT2D eigenvalue weighted by atomic mass is 32.2. The molecule has 23 heavy (non-hydrogen) atoms. The topological polar surface area (TPSA) is 35.8 Å². The highest BCUT2D eigenvalue weighted by Crippen LogP contribution is 2.33. The van der Waals surface area contributed by atoms with Crippen LogP contribution in [0.4, 0.5) is 0 Å². The first-order valence-corrected chi connectivity index (χ1v) is 9.05. The standard InChI is InChI=1S/C20H22N2S/c1-14(2)23-22-20-9-7-18-12-16(6-8-19(18)20)10-15-4-3-5-17(11-15)13-21/h3-6,8,11-12,14,20,22H,7,9-10H2,1-2H3. The van der Waals surface area contributed by atoms with Crippen molar-refractivity contribution in [3.63, 3.8) is 0 Å². The van der Waals surface area contributed by atoms with E-state index in [0.29, 0.717) is 11.3 Å². The van der Waals surface area contributed by atoms with Gasteiger partial charge in [0.2, 0.25) is 0 Å². The smallest absolute Gasteiger partial charge is 0.0991 e. The summed E-state index contributed by atoms with van der Waals surface area (Å²) in [7, 11) is 0. The number of hydrogen-bond acceptors (Lipinski definition) is 3. The summed E-state index contributed by atoms with van der Waals surface area (Å²) in [5, 5.41) is 9.62. The second kappa shape index (κ2) is 7.21. The number of nitriles is 1. The van der Waals surface area contributed by atoms with Gasteiger partial charge < -0.3 is 0 Å². The SMILES string of the molecule is CC(C)SNC1CCc2cc(Cc3cccc(C#N)c3)ccc21. The summed E-state index contributed by atoms with van der Waals surface area (Å²) in [6.45, 7) is 4.43. The van der Waals surface area contributed by atoms with E-state index in [1.807, 2.05) is 30.1 Å². The van der Waals surface area contributed by atoms with Crippen LogP contribution in [0.2, 0.25) is 0 Å². The second-order valence-electron chi connectivity index (χ2n) is 6.40. The lowest BCUT2D eigenvalue weighted by molar-refractivity contribution is 0.665. The van der Waals surface area contributed by atoms with Gasteiger partial charge in [0.25, 0.3) is 0 Å². The molecule has 0 fully saturated rings. The van der Waals surface area contributed by atoms with Crippen molar-refractivity contribution in [1.29, 1.82) is 5.26 Å². The Kier molecular flexibility index (Phi) is 5.05. The fourth-order valence-corrected chi connectivity index (χ4v) is 3.79. The number of hydrogen-bond donors (Lipinski definition) is 1. The molecule has 0 saturated carbocycles. The Hall–Kier alpha value is -1.76. The highest BCUT2D eigenvalue weighted by molar-refractivity contribution is 7.97. The van der Waals surface area contributed by atoms with E-state index in [1.54, 1.807) is 0 Å². The molecule has 1 aliphatic rings. The number of aryl methyl sites for hydroxylation is 1. The summed E-state index contributed by atoms with van der Waals surface area (Å²) in [6, 6.07) is 17.4. The van der Waals surface area contributed by atoms with Gasteiger partial charge in [-0.15, -0.1) is 0 Å². The summed E-state index contributed by atoms with van der Waals surface area (Å²) in [4.78, 5) is 0. The van der Waals surface area contributed by atoms with Crippen molar-refractivity contribution in [2.45, 2.75) is 44.4 Å². The first-order chi connectivity index (χ1) is 11.2. The number of nitrogens with zero attached hydrogens (tertiary/aromatic N) is 1. The van der Waals surface area contributed by atoms with Crippen LogP contribution in [0, 0.1) is 11.3 Å². The van der Waals surface area contributed by atoms with Gasteiger partial charge in [-0.3, -0.25) is 4.72 Å². The molecular formula is C20H22N2S. The first-order valence-electron chi connectivity index (χ1n) is 8.17. The highest BCUT2D eigenvalue weighted by Gasteiger charge is 2.22. The molecule has 0 heterocycles. The van der Waals surface area contributed by atoms with Crippen LogP contribution in [0.1, 0.15) is 54.1 Å². The van der Waals surface area contributed by atoms with Gasteiger partial charge in [0.05, 0.1) is 11.6 Å². The normalized spacial score (nSPS) is 16.3. The number of nitrogens with one attached hydrogen (secondary N) is 1. The molecule has 3 heteroatoms. The van der Waals surface area contributed by atoms with Crippen molar-refractivity contribution in [3.05, 3.63) is 70.3 Å². The van der Waals surface area contributed by atoms with Gasteiger partial charge >= 0.3 is 0 Å². The fourth-order valence-electron chi connectivity index (χ4n) is 3.11. The first kappa shape index (κ1) is 16.1. The van der Waals surface area contributed by atoms with E-state index in [9.17, 15) is 0 Å². The third kappa shape index (κ3) is 3.96. The fraction of sp³-hybridized carbons (Fsp3) is 0.350. The summed E-state index contributed by atoms with van der Waals surface area (Å²) in [6.07, 6.45) is 3.22. The zero-order valence-corrected chi connectivity index (χ0v) is 14.5. The van der Waals surface area contributed by atoms with E-state index < -0.39 is 0 Å². The second-order valence-corrected chi connectivity index (χ2v) is 7.81. The lowest BCUT2D eigenvalue weighted by atomic mass is 9.99. The zero-order valence-electron chi connectivity index (χ0n) is 13.7. The Labute approximate surface area is 143 Å². The molecule has 2 aromatic rings. The summed E-state index contributed by atoms with van der Waals surface area (Å²) in [5.74, 6) is 0. The van der Waals surface area contributed by atoms with Gasteiger partial charge in [-0.25, -0.2) is 0 Å². The molecule has 3 rings (SSSR count). The van der Waals surface area contributed by atoms with Gasteiger partial charge in [0.1, 0.15) is 0 Å². The van der Waals surface area contributed by atoms with Crippen molar-refractivity contribution >= 4 is 11.9 Å². The van der Waals surface area contributed by atoms with Gasteiger partial charge in [0, 0.05) is 11.3 Å². The van der Waals surface area contributed by atoms with Crippen molar-refractivity contribution in [2.75, 3.05) is 0 Å². The Morgan fingerprint density at radius 3 is 2.83 bits per heavy atom. The molecule has 2 aromatic carbocycles. The van der Waals surface area contributed by atoms with Crippen LogP contribution in [-0.4, -0.2) is 5.25 Å². The molecule has 1 aliphatic carbocycles. The van der Waals surface area contributed by atoms with Crippen LogP contribution in [0.3, 0.4) is 0 Å². The molecule has 0 saturated heterocycles. The van der Waals surface area contributed by atoms with Crippen LogP contribution in [0.25, 0.3) is 0 Å². The average Bonchev–Trinajstić information content (AvgIpc) is 2.95. The van der Waals surface area contributed by atoms with Gasteiger partial charge in [0.15, 0.2) is 0 Å². The Balaban J connectivity index is 1.73. The van der Waals surface area contributed by atoms with E-state index in [2.05, 4.69) is 48.9 Å². The molecular weight excluding hydrogens is 300 g/mol. The zero-order chi connectivity index (χ0) is 16.2. The number of benzene rings is 2. The summed E-state index contributed by atoms with van der Waals surface area (Å²) >= 11 is 1.82.